The van der Waals surface area contributed by atoms with Crippen LogP contribution in [0.3, 0.4) is 0 Å². The van der Waals surface area contributed by atoms with E-state index in [0.29, 0.717) is 16.3 Å². The lowest BCUT2D eigenvalue weighted by Crippen LogP contribution is -2.29. The lowest BCUT2D eigenvalue weighted by Gasteiger charge is -2.08. The summed E-state index contributed by atoms with van der Waals surface area (Å²) < 4.78 is 6.28. The molecule has 9 heteroatoms. The Morgan fingerprint density at radius 3 is 2.52 bits per heavy atom. The van der Waals surface area contributed by atoms with E-state index in [2.05, 4.69) is 10.4 Å². The molecule has 4 rings (SSSR count). The predicted octanol–water partition coefficient (Wildman–Crippen LogP) is 4.82. The minimum atomic E-state index is -0.509. The minimum absolute atomic E-state index is 0.221. The molecule has 1 aromatic carbocycles. The molecule has 1 amide bonds. The number of hydrogen-bond donors (Lipinski definition) is 1. The highest BCUT2D eigenvalue weighted by atomic mass is 32.1. The summed E-state index contributed by atoms with van der Waals surface area (Å²) in [6.45, 7) is 3.65. The van der Waals surface area contributed by atoms with Crippen LogP contribution in [0.4, 0.5) is 5.69 Å². The monoisotopic (exact) mass is 479 g/mol. The summed E-state index contributed by atoms with van der Waals surface area (Å²) >= 11 is 2.80. The molecule has 3 heterocycles. The van der Waals surface area contributed by atoms with Gasteiger partial charge in [-0.2, -0.15) is 5.10 Å². The van der Waals surface area contributed by atoms with Gasteiger partial charge in [0.25, 0.3) is 5.56 Å². The van der Waals surface area contributed by atoms with E-state index in [4.69, 9.17) is 4.74 Å². The Kier molecular flexibility index (Phi) is 6.81. The number of ether oxygens (including phenoxy) is 1. The average Bonchev–Trinajstić information content (AvgIpc) is 3.42. The van der Waals surface area contributed by atoms with Crippen molar-refractivity contribution in [3.05, 3.63) is 80.8 Å². The van der Waals surface area contributed by atoms with E-state index >= 15 is 0 Å². The molecule has 0 unspecified atom stereocenters. The zero-order valence-corrected chi connectivity index (χ0v) is 19.7. The largest absolute Gasteiger partial charge is 0.462 e. The summed E-state index contributed by atoms with van der Waals surface area (Å²) in [5, 5.41) is 7.09. The fourth-order valence-corrected chi connectivity index (χ4v) is 5.01. The predicted molar refractivity (Wildman–Crippen MR) is 131 cm³/mol. The molecule has 0 spiro atoms. The van der Waals surface area contributed by atoms with Gasteiger partial charge in [0.1, 0.15) is 17.1 Å². The van der Waals surface area contributed by atoms with Crippen LogP contribution < -0.4 is 10.9 Å². The second-order valence-corrected chi connectivity index (χ2v) is 9.45. The van der Waals surface area contributed by atoms with Gasteiger partial charge in [0.2, 0.25) is 5.91 Å². The Balaban J connectivity index is 1.59. The molecule has 0 aliphatic heterocycles. The Labute approximate surface area is 198 Å². The number of hydrogen-bond acceptors (Lipinski definition) is 7. The van der Waals surface area contributed by atoms with Gasteiger partial charge < -0.3 is 10.1 Å². The average molecular weight is 480 g/mol. The van der Waals surface area contributed by atoms with Crippen molar-refractivity contribution in [1.82, 2.24) is 9.78 Å². The van der Waals surface area contributed by atoms with Crippen molar-refractivity contribution in [2.75, 3.05) is 11.9 Å². The molecule has 3 aromatic heterocycles. The summed E-state index contributed by atoms with van der Waals surface area (Å²) in [5.41, 5.74) is 1.50. The van der Waals surface area contributed by atoms with Crippen molar-refractivity contribution in [2.45, 2.75) is 20.4 Å². The highest BCUT2D eigenvalue weighted by Crippen LogP contribution is 2.35. The Morgan fingerprint density at radius 1 is 1.03 bits per heavy atom. The van der Waals surface area contributed by atoms with E-state index in [1.165, 1.54) is 17.4 Å². The molecule has 168 valence electrons. The maximum absolute atomic E-state index is 12.8. The Hall–Kier alpha value is -3.56. The topological polar surface area (TPSA) is 90.3 Å². The van der Waals surface area contributed by atoms with Crippen LogP contribution in [0.1, 0.15) is 21.5 Å². The third-order valence-corrected chi connectivity index (χ3v) is 6.87. The van der Waals surface area contributed by atoms with E-state index in [9.17, 15) is 14.4 Å². The molecule has 0 atom stereocenters. The highest BCUT2D eigenvalue weighted by Gasteiger charge is 2.20. The second kappa shape index (κ2) is 9.93. The molecule has 0 aliphatic carbocycles. The second-order valence-electron chi connectivity index (χ2n) is 7.11. The number of carbonyl (C=O) groups excluding carboxylic acids is 2. The van der Waals surface area contributed by atoms with Gasteiger partial charge in [-0.05, 0) is 43.7 Å². The van der Waals surface area contributed by atoms with Gasteiger partial charge in [-0.25, -0.2) is 9.48 Å². The fraction of sp³-hybridized carbons (Fsp3) is 0.167. The van der Waals surface area contributed by atoms with E-state index in [-0.39, 0.29) is 18.7 Å². The number of nitrogens with zero attached hydrogens (tertiary/aromatic N) is 2. The molecule has 0 bridgehead atoms. The maximum Gasteiger partial charge on any atom is 0.350 e. The maximum atomic E-state index is 12.8. The summed E-state index contributed by atoms with van der Waals surface area (Å²) in [7, 11) is 0. The quantitative estimate of drug-likeness (QED) is 0.384. The number of amides is 1. The molecular formula is C24H21N3O4S2. The van der Waals surface area contributed by atoms with Gasteiger partial charge in [-0.15, -0.1) is 22.7 Å². The van der Waals surface area contributed by atoms with Crippen molar-refractivity contribution in [3.63, 3.8) is 0 Å². The van der Waals surface area contributed by atoms with Crippen molar-refractivity contribution in [2.24, 2.45) is 0 Å². The first kappa shape index (κ1) is 22.6. The molecular weight excluding hydrogens is 458 g/mol. The van der Waals surface area contributed by atoms with E-state index in [1.807, 2.05) is 49.4 Å². The van der Waals surface area contributed by atoms with Gasteiger partial charge in [0.15, 0.2) is 0 Å². The SMILES string of the molecule is CCOC(=O)c1sc(-c2ccccc2)cc1NC(=O)Cn1nc(-c2ccc(C)s2)ccc1=O. The number of carbonyl (C=O) groups is 2. The van der Waals surface area contributed by atoms with E-state index in [0.717, 1.165) is 24.9 Å². The molecule has 33 heavy (non-hydrogen) atoms. The molecule has 4 aromatic rings. The van der Waals surface area contributed by atoms with E-state index < -0.39 is 11.9 Å². The first-order valence-electron chi connectivity index (χ1n) is 10.3. The van der Waals surface area contributed by atoms with Crippen molar-refractivity contribution < 1.29 is 14.3 Å². The Morgan fingerprint density at radius 2 is 1.82 bits per heavy atom. The van der Waals surface area contributed by atoms with Crippen LogP contribution in [-0.4, -0.2) is 28.3 Å². The van der Waals surface area contributed by atoms with Crippen LogP contribution in [-0.2, 0) is 16.1 Å². The number of anilines is 1. The van der Waals surface area contributed by atoms with Crippen LogP contribution in [0.15, 0.2) is 65.5 Å². The van der Waals surface area contributed by atoms with Crippen LogP contribution >= 0.6 is 22.7 Å². The number of nitrogens with one attached hydrogen (secondary N) is 1. The molecule has 0 fully saturated rings. The summed E-state index contributed by atoms with van der Waals surface area (Å²) in [6.07, 6.45) is 0. The Bertz CT molecular complexity index is 1360. The minimum Gasteiger partial charge on any atom is -0.462 e. The molecule has 0 saturated heterocycles. The van der Waals surface area contributed by atoms with Crippen LogP contribution in [0.5, 0.6) is 0 Å². The van der Waals surface area contributed by atoms with Gasteiger partial charge in [-0.1, -0.05) is 30.3 Å². The number of aromatic nitrogens is 2. The third kappa shape index (κ3) is 5.27. The lowest BCUT2D eigenvalue weighted by molar-refractivity contribution is -0.117. The van der Waals surface area contributed by atoms with Gasteiger partial charge in [-0.3, -0.25) is 9.59 Å². The van der Waals surface area contributed by atoms with Gasteiger partial charge >= 0.3 is 5.97 Å². The zero-order valence-electron chi connectivity index (χ0n) is 18.0. The first-order chi connectivity index (χ1) is 15.9. The van der Waals surface area contributed by atoms with Crippen molar-refractivity contribution in [3.8, 4) is 21.0 Å². The number of benzene rings is 1. The van der Waals surface area contributed by atoms with Gasteiger partial charge in [0.05, 0.1) is 17.2 Å². The molecule has 7 nitrogen and oxygen atoms in total. The molecule has 0 aliphatic rings. The zero-order chi connectivity index (χ0) is 23.4. The fourth-order valence-electron chi connectivity index (χ4n) is 3.17. The molecule has 0 radical (unpaired) electrons. The van der Waals surface area contributed by atoms with Crippen LogP contribution in [0, 0.1) is 6.92 Å². The highest BCUT2D eigenvalue weighted by molar-refractivity contribution is 7.18. The summed E-state index contributed by atoms with van der Waals surface area (Å²) in [4.78, 5) is 40.7. The third-order valence-electron chi connectivity index (χ3n) is 4.68. The summed E-state index contributed by atoms with van der Waals surface area (Å²) in [6, 6.07) is 18.2. The summed E-state index contributed by atoms with van der Waals surface area (Å²) in [5.74, 6) is -0.975. The number of rotatable bonds is 7. The number of esters is 1. The number of thiophene rings is 2. The van der Waals surface area contributed by atoms with Crippen LogP contribution in [0.2, 0.25) is 0 Å². The number of aryl methyl sites for hydroxylation is 1. The smallest absolute Gasteiger partial charge is 0.350 e. The molecule has 0 saturated carbocycles. The van der Waals surface area contributed by atoms with Gasteiger partial charge in [0, 0.05) is 15.8 Å². The normalized spacial score (nSPS) is 10.7. The molecule has 1 N–H and O–H groups in total. The van der Waals surface area contributed by atoms with Crippen LogP contribution in [0.25, 0.3) is 21.0 Å². The first-order valence-corrected chi connectivity index (χ1v) is 11.9. The standard InChI is InChI=1S/C24H21N3O4S2/c1-3-31-24(30)23-18(13-20(33-23)16-7-5-4-6-8-16)25-21(28)14-27-22(29)12-10-17(26-27)19-11-9-15(2)32-19/h4-13H,3,14H2,1-2H3,(H,25,28). The lowest BCUT2D eigenvalue weighted by atomic mass is 10.2. The van der Waals surface area contributed by atoms with Crippen molar-refractivity contribution >= 4 is 40.2 Å². The van der Waals surface area contributed by atoms with Crippen molar-refractivity contribution in [1.29, 1.82) is 0 Å². The van der Waals surface area contributed by atoms with E-state index in [1.54, 1.807) is 30.4 Å².